The quantitative estimate of drug-likeness (QED) is 0.780. The van der Waals surface area contributed by atoms with Crippen LogP contribution < -0.4 is 5.32 Å². The number of carbonyl (C=O) groups is 1. The second-order valence-corrected chi connectivity index (χ2v) is 6.05. The van der Waals surface area contributed by atoms with Gasteiger partial charge in [-0.25, -0.2) is 4.68 Å². The van der Waals surface area contributed by atoms with Gasteiger partial charge in [0.1, 0.15) is 0 Å². The monoisotopic (exact) mass is 319 g/mol. The molecule has 0 aliphatic rings. The Hall–Kier alpha value is -2.88. The zero-order valence-electron chi connectivity index (χ0n) is 14.4. The second kappa shape index (κ2) is 6.32. The van der Waals surface area contributed by atoms with Gasteiger partial charge in [0.05, 0.1) is 22.8 Å². The summed E-state index contributed by atoms with van der Waals surface area (Å²) in [6.07, 6.45) is 0. The van der Waals surface area contributed by atoms with E-state index in [2.05, 4.69) is 10.4 Å². The molecule has 0 aliphatic carbocycles. The predicted molar refractivity (Wildman–Crippen MR) is 96.9 cm³/mol. The van der Waals surface area contributed by atoms with E-state index in [1.165, 1.54) is 5.56 Å². The van der Waals surface area contributed by atoms with Crippen LogP contribution in [0.1, 0.15) is 32.9 Å². The van der Waals surface area contributed by atoms with Crippen LogP contribution in [0, 0.1) is 27.7 Å². The average Bonchev–Trinajstić information content (AvgIpc) is 2.86. The number of nitrogens with zero attached hydrogens (tertiary/aromatic N) is 2. The van der Waals surface area contributed by atoms with E-state index < -0.39 is 0 Å². The molecule has 3 rings (SSSR count). The van der Waals surface area contributed by atoms with Crippen LogP contribution >= 0.6 is 0 Å². The average molecular weight is 319 g/mol. The van der Waals surface area contributed by atoms with Crippen LogP contribution in [0.2, 0.25) is 0 Å². The maximum absolute atomic E-state index is 12.6. The van der Waals surface area contributed by atoms with E-state index in [9.17, 15) is 4.79 Å². The van der Waals surface area contributed by atoms with Crippen LogP contribution in [0.5, 0.6) is 0 Å². The van der Waals surface area contributed by atoms with Crippen molar-refractivity contribution in [3.05, 3.63) is 76.6 Å². The highest BCUT2D eigenvalue weighted by molar-refractivity contribution is 6.05. The summed E-state index contributed by atoms with van der Waals surface area (Å²) in [5, 5.41) is 7.57. The molecule has 0 atom stereocenters. The SMILES string of the molecule is Cc1ccc(C(=O)Nc2c(C)nn(-c3ccccc3)c2C)cc1C. The molecule has 1 N–H and O–H groups in total. The number of nitrogens with one attached hydrogen (secondary N) is 1. The van der Waals surface area contributed by atoms with Crippen LogP contribution in [0.15, 0.2) is 48.5 Å². The van der Waals surface area contributed by atoms with Crippen molar-refractivity contribution in [2.45, 2.75) is 27.7 Å². The third-order valence-corrected chi connectivity index (χ3v) is 4.30. The van der Waals surface area contributed by atoms with E-state index in [1.807, 2.05) is 80.9 Å². The van der Waals surface area contributed by atoms with Crippen molar-refractivity contribution in [3.8, 4) is 5.69 Å². The molecular formula is C20H21N3O. The molecule has 3 aromatic rings. The third-order valence-electron chi connectivity index (χ3n) is 4.30. The molecule has 1 amide bonds. The molecule has 122 valence electrons. The van der Waals surface area contributed by atoms with Crippen LogP contribution in [0.25, 0.3) is 5.69 Å². The fourth-order valence-corrected chi connectivity index (χ4v) is 2.71. The number of para-hydroxylation sites is 1. The molecule has 0 radical (unpaired) electrons. The fraction of sp³-hybridized carbons (Fsp3) is 0.200. The Kier molecular flexibility index (Phi) is 4.21. The zero-order chi connectivity index (χ0) is 17.3. The summed E-state index contributed by atoms with van der Waals surface area (Å²) in [7, 11) is 0. The minimum atomic E-state index is -0.114. The standard InChI is InChI=1S/C20H21N3O/c1-13-10-11-17(12-14(13)2)20(24)21-19-15(3)22-23(16(19)4)18-8-6-5-7-9-18/h5-12H,1-4H3,(H,21,24). The molecule has 24 heavy (non-hydrogen) atoms. The molecule has 0 bridgehead atoms. The first-order chi connectivity index (χ1) is 11.5. The van der Waals surface area contributed by atoms with Gasteiger partial charge in [0.15, 0.2) is 0 Å². The highest BCUT2D eigenvalue weighted by Crippen LogP contribution is 2.23. The highest BCUT2D eigenvalue weighted by atomic mass is 16.1. The topological polar surface area (TPSA) is 46.9 Å². The van der Waals surface area contributed by atoms with Crippen LogP contribution in [0.4, 0.5) is 5.69 Å². The van der Waals surface area contributed by atoms with Gasteiger partial charge in [-0.2, -0.15) is 5.10 Å². The molecule has 0 saturated heterocycles. The Morgan fingerprint density at radius 1 is 0.958 bits per heavy atom. The second-order valence-electron chi connectivity index (χ2n) is 6.05. The van der Waals surface area contributed by atoms with Crippen molar-refractivity contribution < 1.29 is 4.79 Å². The molecule has 4 nitrogen and oxygen atoms in total. The molecule has 0 aliphatic heterocycles. The Labute approximate surface area is 142 Å². The van der Waals surface area contributed by atoms with Crippen LogP contribution in [-0.2, 0) is 0 Å². The Bertz CT molecular complexity index is 895. The van der Waals surface area contributed by atoms with Crippen molar-refractivity contribution in [1.82, 2.24) is 9.78 Å². The van der Waals surface area contributed by atoms with Gasteiger partial charge in [0, 0.05) is 5.56 Å². The normalized spacial score (nSPS) is 10.7. The van der Waals surface area contributed by atoms with Crippen molar-refractivity contribution in [3.63, 3.8) is 0 Å². The van der Waals surface area contributed by atoms with Crippen LogP contribution in [0.3, 0.4) is 0 Å². The summed E-state index contributed by atoms with van der Waals surface area (Å²) < 4.78 is 1.85. The first-order valence-electron chi connectivity index (χ1n) is 7.97. The molecule has 4 heteroatoms. The van der Waals surface area contributed by atoms with Crippen molar-refractivity contribution in [2.75, 3.05) is 5.32 Å². The van der Waals surface area contributed by atoms with Gasteiger partial charge in [-0.05, 0) is 63.1 Å². The van der Waals surface area contributed by atoms with Crippen LogP contribution in [-0.4, -0.2) is 15.7 Å². The Balaban J connectivity index is 1.92. The number of carbonyl (C=O) groups excluding carboxylic acids is 1. The molecule has 0 fully saturated rings. The zero-order valence-corrected chi connectivity index (χ0v) is 14.4. The lowest BCUT2D eigenvalue weighted by molar-refractivity contribution is 0.102. The molecular weight excluding hydrogens is 298 g/mol. The van der Waals surface area contributed by atoms with Gasteiger partial charge in [0.25, 0.3) is 5.91 Å². The molecule has 0 unspecified atom stereocenters. The number of rotatable bonds is 3. The summed E-state index contributed by atoms with van der Waals surface area (Å²) in [6, 6.07) is 15.6. The van der Waals surface area contributed by atoms with Crippen molar-refractivity contribution in [1.29, 1.82) is 0 Å². The lowest BCUT2D eigenvalue weighted by Gasteiger charge is -2.08. The number of aromatic nitrogens is 2. The maximum atomic E-state index is 12.6. The van der Waals surface area contributed by atoms with E-state index in [4.69, 9.17) is 0 Å². The van der Waals surface area contributed by atoms with E-state index in [1.54, 1.807) is 0 Å². The number of hydrogen-bond acceptors (Lipinski definition) is 2. The summed E-state index contributed by atoms with van der Waals surface area (Å²) in [5.74, 6) is -0.114. The lowest BCUT2D eigenvalue weighted by Crippen LogP contribution is -2.13. The van der Waals surface area contributed by atoms with E-state index in [0.717, 1.165) is 28.3 Å². The summed E-state index contributed by atoms with van der Waals surface area (Å²) in [5.41, 5.74) is 6.40. The van der Waals surface area contributed by atoms with Gasteiger partial charge in [-0.3, -0.25) is 4.79 Å². The molecule has 2 aromatic carbocycles. The van der Waals surface area contributed by atoms with Gasteiger partial charge < -0.3 is 5.32 Å². The number of anilines is 1. The molecule has 1 aromatic heterocycles. The minimum absolute atomic E-state index is 0.114. The predicted octanol–water partition coefficient (Wildman–Crippen LogP) is 4.36. The smallest absolute Gasteiger partial charge is 0.255 e. The van der Waals surface area contributed by atoms with Gasteiger partial charge >= 0.3 is 0 Å². The number of hydrogen-bond donors (Lipinski definition) is 1. The lowest BCUT2D eigenvalue weighted by atomic mass is 10.1. The van der Waals surface area contributed by atoms with Gasteiger partial charge in [-0.15, -0.1) is 0 Å². The number of aryl methyl sites for hydroxylation is 3. The Morgan fingerprint density at radius 2 is 1.67 bits per heavy atom. The van der Waals surface area contributed by atoms with Crippen molar-refractivity contribution >= 4 is 11.6 Å². The highest BCUT2D eigenvalue weighted by Gasteiger charge is 2.16. The maximum Gasteiger partial charge on any atom is 0.255 e. The Morgan fingerprint density at radius 3 is 2.33 bits per heavy atom. The first kappa shape index (κ1) is 16.0. The third kappa shape index (κ3) is 2.95. The summed E-state index contributed by atoms with van der Waals surface area (Å²) >= 11 is 0. The minimum Gasteiger partial charge on any atom is -0.319 e. The van der Waals surface area contributed by atoms with E-state index >= 15 is 0 Å². The van der Waals surface area contributed by atoms with E-state index in [-0.39, 0.29) is 5.91 Å². The van der Waals surface area contributed by atoms with Gasteiger partial charge in [-0.1, -0.05) is 24.3 Å². The van der Waals surface area contributed by atoms with E-state index in [0.29, 0.717) is 5.56 Å². The number of amides is 1. The molecule has 0 saturated carbocycles. The summed E-state index contributed by atoms with van der Waals surface area (Å²) in [4.78, 5) is 12.6. The van der Waals surface area contributed by atoms with Crippen molar-refractivity contribution in [2.24, 2.45) is 0 Å². The number of benzene rings is 2. The summed E-state index contributed by atoms with van der Waals surface area (Å²) in [6.45, 7) is 7.91. The fourth-order valence-electron chi connectivity index (χ4n) is 2.71. The first-order valence-corrected chi connectivity index (χ1v) is 7.97. The van der Waals surface area contributed by atoms with Gasteiger partial charge in [0.2, 0.25) is 0 Å². The molecule has 1 heterocycles. The largest absolute Gasteiger partial charge is 0.319 e. The molecule has 0 spiro atoms.